The van der Waals surface area contributed by atoms with Crippen molar-refractivity contribution >= 4 is 27.5 Å². The molecule has 7 heteroatoms. The normalized spacial score (nSPS) is 11.2. The molecule has 1 aromatic carbocycles. The second-order valence-electron chi connectivity index (χ2n) is 6.11. The van der Waals surface area contributed by atoms with E-state index in [4.69, 9.17) is 4.74 Å². The number of carbonyl (C=O) groups is 1. The zero-order valence-corrected chi connectivity index (χ0v) is 15.6. The van der Waals surface area contributed by atoms with Crippen LogP contribution in [0.3, 0.4) is 0 Å². The molecule has 3 heterocycles. The molecular weight excluding hydrogens is 348 g/mol. The zero-order chi connectivity index (χ0) is 18.3. The number of fused-ring (bicyclic) bond motifs is 1. The van der Waals surface area contributed by atoms with Crippen LogP contribution < -0.4 is 0 Å². The Kier molecular flexibility index (Phi) is 4.08. The van der Waals surface area contributed by atoms with Gasteiger partial charge in [0.2, 0.25) is 0 Å². The largest absolute Gasteiger partial charge is 0.455 e. The summed E-state index contributed by atoms with van der Waals surface area (Å²) in [6.45, 7) is 4.14. The minimum atomic E-state index is -0.403. The van der Waals surface area contributed by atoms with Crippen LogP contribution in [0.2, 0.25) is 0 Å². The van der Waals surface area contributed by atoms with Crippen LogP contribution >= 0.6 is 11.3 Å². The van der Waals surface area contributed by atoms with Crippen molar-refractivity contribution < 1.29 is 9.53 Å². The summed E-state index contributed by atoms with van der Waals surface area (Å²) in [6, 6.07) is 11.9. The maximum Gasteiger partial charge on any atom is 0.344 e. The highest BCUT2D eigenvalue weighted by molar-refractivity contribution is 7.18. The molecule has 0 aliphatic rings. The first-order valence-electron chi connectivity index (χ1n) is 8.23. The van der Waals surface area contributed by atoms with Crippen molar-refractivity contribution in [3.05, 3.63) is 64.6 Å². The van der Waals surface area contributed by atoms with Crippen LogP contribution in [-0.2, 0) is 18.4 Å². The third-order valence-corrected chi connectivity index (χ3v) is 5.29. The average Bonchev–Trinajstić information content (AvgIpc) is 3.30. The molecule has 0 N–H and O–H groups in total. The fourth-order valence-corrected chi connectivity index (χ4v) is 3.91. The lowest BCUT2D eigenvalue weighted by molar-refractivity contribution is 0.0472. The molecule has 0 saturated carbocycles. The summed E-state index contributed by atoms with van der Waals surface area (Å²) in [5.41, 5.74) is 3.43. The van der Waals surface area contributed by atoms with Gasteiger partial charge in [-0.05, 0) is 38.1 Å². The first-order chi connectivity index (χ1) is 12.5. The van der Waals surface area contributed by atoms with E-state index >= 15 is 0 Å². The molecule has 0 saturated heterocycles. The molecule has 0 fully saturated rings. The number of rotatable bonds is 4. The van der Waals surface area contributed by atoms with Gasteiger partial charge in [0.15, 0.2) is 0 Å². The number of aromatic nitrogens is 4. The van der Waals surface area contributed by atoms with Gasteiger partial charge in [0, 0.05) is 18.4 Å². The van der Waals surface area contributed by atoms with Gasteiger partial charge in [0.05, 0.1) is 16.4 Å². The van der Waals surface area contributed by atoms with E-state index in [2.05, 4.69) is 10.1 Å². The van der Waals surface area contributed by atoms with Gasteiger partial charge in [-0.25, -0.2) is 9.78 Å². The molecule has 0 atom stereocenters. The maximum absolute atomic E-state index is 12.7. The highest BCUT2D eigenvalue weighted by Crippen LogP contribution is 2.24. The number of ether oxygens (including phenoxy) is 1. The van der Waals surface area contributed by atoms with Gasteiger partial charge < -0.3 is 9.30 Å². The molecule has 0 amide bonds. The molecule has 0 spiro atoms. The molecule has 4 rings (SSSR count). The summed E-state index contributed by atoms with van der Waals surface area (Å²) in [4.78, 5) is 17.2. The number of hydrogen-bond donors (Lipinski definition) is 0. The molecule has 0 unspecified atom stereocenters. The standard InChI is InChI=1S/C19H18N4O2S/c1-12-8-9-13(2)23(12)18-14(10-20-22(18)3)19(24)25-11-17-21-15-6-4-5-7-16(15)26-17/h4-10H,11H2,1-3H3. The summed E-state index contributed by atoms with van der Waals surface area (Å²) in [5.74, 6) is 0.305. The zero-order valence-electron chi connectivity index (χ0n) is 14.8. The van der Waals surface area contributed by atoms with E-state index in [9.17, 15) is 4.79 Å². The van der Waals surface area contributed by atoms with E-state index in [1.54, 1.807) is 10.9 Å². The fourth-order valence-electron chi connectivity index (χ4n) is 3.03. The summed E-state index contributed by atoms with van der Waals surface area (Å²) >= 11 is 1.53. The van der Waals surface area contributed by atoms with Crippen molar-refractivity contribution in [3.63, 3.8) is 0 Å². The van der Waals surface area contributed by atoms with Gasteiger partial charge in [-0.2, -0.15) is 5.10 Å². The fraction of sp³-hybridized carbons (Fsp3) is 0.211. The summed E-state index contributed by atoms with van der Waals surface area (Å²) < 4.78 is 10.3. The molecule has 26 heavy (non-hydrogen) atoms. The maximum atomic E-state index is 12.7. The number of aryl methyl sites for hydroxylation is 3. The first-order valence-corrected chi connectivity index (χ1v) is 9.05. The number of para-hydroxylation sites is 1. The van der Waals surface area contributed by atoms with Gasteiger partial charge in [0.1, 0.15) is 23.0 Å². The third kappa shape index (κ3) is 2.80. The molecule has 3 aromatic heterocycles. The van der Waals surface area contributed by atoms with Gasteiger partial charge in [-0.15, -0.1) is 11.3 Å². The summed E-state index contributed by atoms with van der Waals surface area (Å²) in [7, 11) is 1.82. The SMILES string of the molecule is Cc1ccc(C)n1-c1c(C(=O)OCc2nc3ccccc3s2)cnn1C. The summed E-state index contributed by atoms with van der Waals surface area (Å²) in [6.07, 6.45) is 1.55. The van der Waals surface area contributed by atoms with Crippen molar-refractivity contribution in [2.45, 2.75) is 20.5 Å². The van der Waals surface area contributed by atoms with Crippen LogP contribution in [-0.4, -0.2) is 25.3 Å². The van der Waals surface area contributed by atoms with E-state index < -0.39 is 5.97 Å². The van der Waals surface area contributed by atoms with E-state index in [1.807, 2.05) is 61.9 Å². The molecule has 0 radical (unpaired) electrons. The topological polar surface area (TPSA) is 61.9 Å². The average molecular weight is 366 g/mol. The second kappa shape index (κ2) is 6.42. The van der Waals surface area contributed by atoms with Crippen LogP contribution in [0.25, 0.3) is 16.0 Å². The smallest absolute Gasteiger partial charge is 0.344 e. The van der Waals surface area contributed by atoms with Crippen LogP contribution in [0, 0.1) is 13.8 Å². The first kappa shape index (κ1) is 16.5. The lowest BCUT2D eigenvalue weighted by atomic mass is 10.3. The van der Waals surface area contributed by atoms with E-state index in [1.165, 1.54) is 11.3 Å². The molecule has 132 valence electrons. The molecule has 4 aromatic rings. The minimum Gasteiger partial charge on any atom is -0.455 e. The van der Waals surface area contributed by atoms with Crippen molar-refractivity contribution in [1.29, 1.82) is 0 Å². The Balaban J connectivity index is 1.59. The molecule has 6 nitrogen and oxygen atoms in total. The monoisotopic (exact) mass is 366 g/mol. The highest BCUT2D eigenvalue weighted by Gasteiger charge is 2.21. The number of nitrogens with zero attached hydrogens (tertiary/aromatic N) is 4. The Labute approximate surface area is 154 Å². The van der Waals surface area contributed by atoms with Crippen molar-refractivity contribution in [3.8, 4) is 5.82 Å². The number of esters is 1. The molecule has 0 aliphatic heterocycles. The Morgan fingerprint density at radius 1 is 1.15 bits per heavy atom. The molecule has 0 aliphatic carbocycles. The van der Waals surface area contributed by atoms with Crippen LogP contribution in [0.1, 0.15) is 26.8 Å². The van der Waals surface area contributed by atoms with Gasteiger partial charge >= 0.3 is 5.97 Å². The van der Waals surface area contributed by atoms with Gasteiger partial charge in [0.25, 0.3) is 0 Å². The molecule has 0 bridgehead atoms. The number of benzene rings is 1. The highest BCUT2D eigenvalue weighted by atomic mass is 32.1. The third-order valence-electron chi connectivity index (χ3n) is 4.28. The second-order valence-corrected chi connectivity index (χ2v) is 7.22. The lowest BCUT2D eigenvalue weighted by Crippen LogP contribution is -2.12. The van der Waals surface area contributed by atoms with Crippen molar-refractivity contribution in [2.75, 3.05) is 0 Å². The summed E-state index contributed by atoms with van der Waals surface area (Å²) in [5, 5.41) is 5.02. The van der Waals surface area contributed by atoms with Crippen LogP contribution in [0.15, 0.2) is 42.6 Å². The van der Waals surface area contributed by atoms with Crippen molar-refractivity contribution in [2.24, 2.45) is 7.05 Å². The van der Waals surface area contributed by atoms with Gasteiger partial charge in [-0.1, -0.05) is 12.1 Å². The number of hydrogen-bond acceptors (Lipinski definition) is 5. The number of carbonyl (C=O) groups excluding carboxylic acids is 1. The number of thiazole rings is 1. The Hall–Kier alpha value is -2.93. The van der Waals surface area contributed by atoms with Crippen molar-refractivity contribution in [1.82, 2.24) is 19.3 Å². The van der Waals surface area contributed by atoms with E-state index in [0.717, 1.165) is 26.6 Å². The quantitative estimate of drug-likeness (QED) is 0.516. The lowest BCUT2D eigenvalue weighted by Gasteiger charge is -2.12. The Morgan fingerprint density at radius 2 is 1.88 bits per heavy atom. The van der Waals surface area contributed by atoms with E-state index in [0.29, 0.717) is 11.4 Å². The van der Waals surface area contributed by atoms with Crippen LogP contribution in [0.5, 0.6) is 0 Å². The molecular formula is C19H18N4O2S. The Morgan fingerprint density at radius 3 is 2.62 bits per heavy atom. The Bertz CT molecular complexity index is 1050. The predicted octanol–water partition coefficient (Wildman–Crippen LogP) is 3.79. The predicted molar refractivity (Wildman–Crippen MR) is 101 cm³/mol. The van der Waals surface area contributed by atoms with Crippen LogP contribution in [0.4, 0.5) is 0 Å². The van der Waals surface area contributed by atoms with Gasteiger partial charge in [-0.3, -0.25) is 4.68 Å². The van der Waals surface area contributed by atoms with E-state index in [-0.39, 0.29) is 6.61 Å². The minimum absolute atomic E-state index is 0.149.